The van der Waals surface area contributed by atoms with Gasteiger partial charge in [0.25, 0.3) is 0 Å². The number of nitrogens with zero attached hydrogens (tertiary/aromatic N) is 1. The van der Waals surface area contributed by atoms with Crippen molar-refractivity contribution in [2.75, 3.05) is 19.6 Å². The van der Waals surface area contributed by atoms with Crippen LogP contribution in [0.3, 0.4) is 0 Å². The lowest BCUT2D eigenvalue weighted by Crippen LogP contribution is -2.58. The van der Waals surface area contributed by atoms with Crippen molar-refractivity contribution in [2.45, 2.75) is 39.3 Å². The van der Waals surface area contributed by atoms with Crippen LogP contribution in [0.2, 0.25) is 0 Å². The summed E-state index contributed by atoms with van der Waals surface area (Å²) in [7, 11) is 0. The Morgan fingerprint density at radius 3 is 2.33 bits per heavy atom. The molecule has 1 N–H and O–H groups in total. The van der Waals surface area contributed by atoms with E-state index in [-0.39, 0.29) is 0 Å². The normalized spacial score (nSPS) is 18.1. The number of hydrogen-bond donors (Lipinski definition) is 1. The lowest BCUT2D eigenvalue weighted by molar-refractivity contribution is 0.0884. The first kappa shape index (κ1) is 13.6. The van der Waals surface area contributed by atoms with Gasteiger partial charge >= 0.3 is 0 Å². The second-order valence-electron chi connectivity index (χ2n) is 5.70. The molecule has 2 nitrogen and oxygen atoms in total. The van der Waals surface area contributed by atoms with Crippen molar-refractivity contribution in [3.8, 4) is 0 Å². The molecule has 0 aliphatic carbocycles. The molecule has 18 heavy (non-hydrogen) atoms. The predicted molar refractivity (Wildman–Crippen MR) is 77.7 cm³/mol. The van der Waals surface area contributed by atoms with Crippen molar-refractivity contribution in [3.05, 3.63) is 35.9 Å². The van der Waals surface area contributed by atoms with Crippen LogP contribution in [0.15, 0.2) is 30.3 Å². The molecule has 1 aliphatic heterocycles. The maximum Gasteiger partial charge on any atom is 0.0354 e. The first-order valence-electron chi connectivity index (χ1n) is 7.23. The predicted octanol–water partition coefficient (Wildman–Crippen LogP) is 3.07. The van der Waals surface area contributed by atoms with Gasteiger partial charge in [-0.1, -0.05) is 51.1 Å². The highest BCUT2D eigenvalue weighted by atomic mass is 15.2. The van der Waals surface area contributed by atoms with E-state index in [0.717, 1.165) is 31.6 Å². The van der Waals surface area contributed by atoms with Gasteiger partial charge in [0.15, 0.2) is 0 Å². The van der Waals surface area contributed by atoms with E-state index in [1.807, 2.05) is 0 Å². The summed E-state index contributed by atoms with van der Waals surface area (Å²) in [5.74, 6) is 0.734. The second-order valence-corrected chi connectivity index (χ2v) is 5.70. The zero-order valence-electron chi connectivity index (χ0n) is 11.9. The fourth-order valence-electron chi connectivity index (χ4n) is 2.83. The molecule has 100 valence electrons. The Bertz CT molecular complexity index is 343. The van der Waals surface area contributed by atoms with Gasteiger partial charge in [-0.05, 0) is 24.4 Å². The average Bonchev–Trinajstić information content (AvgIpc) is 2.32. The Morgan fingerprint density at radius 2 is 1.89 bits per heavy atom. The topological polar surface area (TPSA) is 15.3 Å². The SMILES string of the molecule is CCN(C1CNC1)C(CC(C)C)c1ccccc1. The zero-order chi connectivity index (χ0) is 13.0. The Labute approximate surface area is 111 Å². The fourth-order valence-corrected chi connectivity index (χ4v) is 2.83. The molecule has 1 aromatic rings. The van der Waals surface area contributed by atoms with Crippen LogP contribution < -0.4 is 5.32 Å². The van der Waals surface area contributed by atoms with E-state index in [1.165, 1.54) is 12.0 Å². The molecule has 0 spiro atoms. The standard InChI is InChI=1S/C16H26N2/c1-4-18(15-11-17-12-15)16(10-13(2)3)14-8-6-5-7-9-14/h5-9,13,15-17H,4,10-12H2,1-3H3. The van der Waals surface area contributed by atoms with Gasteiger partial charge in [-0.25, -0.2) is 0 Å². The monoisotopic (exact) mass is 246 g/mol. The molecule has 1 heterocycles. The lowest BCUT2D eigenvalue weighted by atomic mass is 9.93. The molecule has 0 saturated carbocycles. The fraction of sp³-hybridized carbons (Fsp3) is 0.625. The third-order valence-electron chi connectivity index (χ3n) is 3.87. The summed E-state index contributed by atoms with van der Waals surface area (Å²) >= 11 is 0. The molecule has 1 fully saturated rings. The van der Waals surface area contributed by atoms with Crippen molar-refractivity contribution in [3.63, 3.8) is 0 Å². The maximum atomic E-state index is 3.39. The summed E-state index contributed by atoms with van der Waals surface area (Å²) in [5, 5.41) is 3.39. The van der Waals surface area contributed by atoms with Crippen molar-refractivity contribution in [2.24, 2.45) is 5.92 Å². The number of benzene rings is 1. The minimum Gasteiger partial charge on any atom is -0.314 e. The summed E-state index contributed by atoms with van der Waals surface area (Å²) in [6.45, 7) is 10.4. The van der Waals surface area contributed by atoms with Crippen molar-refractivity contribution < 1.29 is 0 Å². The zero-order valence-corrected chi connectivity index (χ0v) is 11.9. The molecule has 1 aliphatic rings. The molecular formula is C16H26N2. The number of rotatable bonds is 6. The van der Waals surface area contributed by atoms with Gasteiger partial charge in [0, 0.05) is 25.2 Å². The van der Waals surface area contributed by atoms with Gasteiger partial charge < -0.3 is 5.32 Å². The van der Waals surface area contributed by atoms with Gasteiger partial charge in [0.05, 0.1) is 0 Å². The first-order valence-corrected chi connectivity index (χ1v) is 7.23. The van der Waals surface area contributed by atoms with E-state index in [9.17, 15) is 0 Å². The van der Waals surface area contributed by atoms with Crippen LogP contribution >= 0.6 is 0 Å². The van der Waals surface area contributed by atoms with Gasteiger partial charge in [0.1, 0.15) is 0 Å². The molecule has 1 aromatic carbocycles. The van der Waals surface area contributed by atoms with E-state index in [1.54, 1.807) is 0 Å². The number of nitrogens with one attached hydrogen (secondary N) is 1. The molecule has 2 heteroatoms. The lowest BCUT2D eigenvalue weighted by Gasteiger charge is -2.43. The minimum atomic E-state index is 0.572. The van der Waals surface area contributed by atoms with E-state index in [4.69, 9.17) is 0 Å². The van der Waals surface area contributed by atoms with Gasteiger partial charge in [-0.2, -0.15) is 0 Å². The van der Waals surface area contributed by atoms with Crippen LogP contribution in [0.4, 0.5) is 0 Å². The summed E-state index contributed by atoms with van der Waals surface area (Å²) in [4.78, 5) is 2.67. The third-order valence-corrected chi connectivity index (χ3v) is 3.87. The number of hydrogen-bond acceptors (Lipinski definition) is 2. The molecule has 0 amide bonds. The summed E-state index contributed by atoms with van der Waals surface area (Å²) in [5.41, 5.74) is 1.47. The smallest absolute Gasteiger partial charge is 0.0354 e. The van der Waals surface area contributed by atoms with Crippen molar-refractivity contribution in [1.82, 2.24) is 10.2 Å². The molecule has 0 bridgehead atoms. The maximum absolute atomic E-state index is 3.39. The minimum absolute atomic E-state index is 0.572. The summed E-state index contributed by atoms with van der Waals surface area (Å²) in [6.07, 6.45) is 1.24. The molecule has 2 rings (SSSR count). The van der Waals surface area contributed by atoms with Crippen LogP contribution in [-0.4, -0.2) is 30.6 Å². The van der Waals surface area contributed by atoms with Gasteiger partial charge in [0.2, 0.25) is 0 Å². The first-order chi connectivity index (χ1) is 8.72. The van der Waals surface area contributed by atoms with Gasteiger partial charge in [-0.15, -0.1) is 0 Å². The Balaban J connectivity index is 2.17. The molecular weight excluding hydrogens is 220 g/mol. The number of likely N-dealkylation sites (N-methyl/N-ethyl adjacent to an activating group) is 1. The van der Waals surface area contributed by atoms with Crippen molar-refractivity contribution in [1.29, 1.82) is 0 Å². The van der Waals surface area contributed by atoms with E-state index >= 15 is 0 Å². The Hall–Kier alpha value is -0.860. The van der Waals surface area contributed by atoms with E-state index in [2.05, 4.69) is 61.3 Å². The second kappa shape index (κ2) is 6.35. The van der Waals surface area contributed by atoms with Crippen LogP contribution in [0.5, 0.6) is 0 Å². The molecule has 1 saturated heterocycles. The van der Waals surface area contributed by atoms with Gasteiger partial charge in [-0.3, -0.25) is 4.90 Å². The highest BCUT2D eigenvalue weighted by molar-refractivity contribution is 5.19. The highest BCUT2D eigenvalue weighted by Crippen LogP contribution is 2.30. The molecule has 0 radical (unpaired) electrons. The van der Waals surface area contributed by atoms with Crippen LogP contribution in [0.1, 0.15) is 38.8 Å². The highest BCUT2D eigenvalue weighted by Gasteiger charge is 2.30. The molecule has 1 unspecified atom stereocenters. The molecule has 0 aromatic heterocycles. The van der Waals surface area contributed by atoms with Crippen LogP contribution in [0.25, 0.3) is 0 Å². The summed E-state index contributed by atoms with van der Waals surface area (Å²) < 4.78 is 0. The third kappa shape index (κ3) is 3.12. The van der Waals surface area contributed by atoms with E-state index in [0.29, 0.717) is 6.04 Å². The van der Waals surface area contributed by atoms with Crippen LogP contribution in [0, 0.1) is 5.92 Å². The average molecular weight is 246 g/mol. The van der Waals surface area contributed by atoms with Crippen LogP contribution in [-0.2, 0) is 0 Å². The quantitative estimate of drug-likeness (QED) is 0.830. The molecule has 1 atom stereocenters. The van der Waals surface area contributed by atoms with E-state index < -0.39 is 0 Å². The Morgan fingerprint density at radius 1 is 1.22 bits per heavy atom. The largest absolute Gasteiger partial charge is 0.314 e. The Kier molecular flexibility index (Phi) is 4.79. The summed E-state index contributed by atoms with van der Waals surface area (Å²) in [6, 6.07) is 12.3. The van der Waals surface area contributed by atoms with Crippen molar-refractivity contribution >= 4 is 0 Å².